The number of hydrogen-bond acceptors (Lipinski definition) is 0. The minimum absolute atomic E-state index is 0.558. The number of benzene rings is 1. The van der Waals surface area contributed by atoms with E-state index in [2.05, 4.69) is 0 Å². The molecule has 1 aromatic rings. The van der Waals surface area contributed by atoms with Crippen molar-refractivity contribution in [2.75, 3.05) is 0 Å². The minimum atomic E-state index is -4.21. The molecule has 0 fully saturated rings. The van der Waals surface area contributed by atoms with E-state index in [0.29, 0.717) is 5.21 Å². The molecule has 12 heavy (non-hydrogen) atoms. The topological polar surface area (TPSA) is 0 Å². The van der Waals surface area contributed by atoms with Gasteiger partial charge in [0.15, 0.2) is 0 Å². The fourth-order valence-corrected chi connectivity index (χ4v) is 1.41. The third kappa shape index (κ3) is 2.28. The fraction of sp³-hybridized carbons (Fsp3) is 0.250. The van der Waals surface area contributed by atoms with Gasteiger partial charge in [-0.15, -0.1) is 0 Å². The molecule has 0 aromatic heterocycles. The molecular formula is C8H8AsF3. The van der Waals surface area contributed by atoms with E-state index >= 15 is 0 Å². The zero-order valence-electron chi connectivity index (χ0n) is 6.23. The molecule has 4 heteroatoms. The van der Waals surface area contributed by atoms with E-state index in [4.69, 9.17) is 0 Å². The monoisotopic (exact) mass is 236 g/mol. The molecule has 1 unspecified atom stereocenters. The SMILES string of the molecule is FC(F)(F)c1cccc(C[AsH2])c1. The van der Waals surface area contributed by atoms with Crippen LogP contribution in [0.2, 0.25) is 0 Å². The molecular weight excluding hydrogens is 228 g/mol. The van der Waals surface area contributed by atoms with Crippen molar-refractivity contribution in [2.24, 2.45) is 0 Å². The van der Waals surface area contributed by atoms with E-state index in [1.54, 1.807) is 6.07 Å². The molecule has 0 saturated heterocycles. The molecule has 0 aliphatic rings. The predicted octanol–water partition coefficient (Wildman–Crippen LogP) is 1.84. The number of halogens is 3. The second kappa shape index (κ2) is 3.52. The number of rotatable bonds is 1. The summed E-state index contributed by atoms with van der Waals surface area (Å²) in [6.45, 7) is 0. The Balaban J connectivity index is 3.02. The van der Waals surface area contributed by atoms with E-state index in [9.17, 15) is 13.2 Å². The molecule has 66 valence electrons. The molecule has 0 heterocycles. The van der Waals surface area contributed by atoms with Gasteiger partial charge < -0.3 is 0 Å². The Morgan fingerprint density at radius 2 is 1.92 bits per heavy atom. The molecule has 0 spiro atoms. The predicted molar refractivity (Wildman–Crippen MR) is 43.7 cm³/mol. The van der Waals surface area contributed by atoms with E-state index in [1.165, 1.54) is 29.0 Å². The summed E-state index contributed by atoms with van der Waals surface area (Å²) < 4.78 is 36.3. The quantitative estimate of drug-likeness (QED) is 0.652. The first-order chi connectivity index (χ1) is 5.54. The van der Waals surface area contributed by atoms with Crippen molar-refractivity contribution in [3.63, 3.8) is 0 Å². The van der Waals surface area contributed by atoms with Crippen LogP contribution in [-0.2, 0) is 11.4 Å². The zero-order chi connectivity index (χ0) is 9.19. The van der Waals surface area contributed by atoms with Crippen molar-refractivity contribution in [3.8, 4) is 0 Å². The van der Waals surface area contributed by atoms with Crippen molar-refractivity contribution in [3.05, 3.63) is 35.4 Å². The Hall–Kier alpha value is -0.432. The fourth-order valence-electron chi connectivity index (χ4n) is 0.875. The van der Waals surface area contributed by atoms with Crippen LogP contribution in [-0.4, -0.2) is 16.9 Å². The normalized spacial score (nSPS) is 11.7. The molecule has 0 amide bonds. The average Bonchev–Trinajstić information content (AvgIpc) is 2.03. The molecule has 0 N–H and O–H groups in total. The number of alkyl halides is 3. The van der Waals surface area contributed by atoms with Crippen LogP contribution in [0.25, 0.3) is 0 Å². The summed E-state index contributed by atoms with van der Waals surface area (Å²) in [6.07, 6.45) is -4.21. The van der Waals surface area contributed by atoms with Crippen LogP contribution in [0, 0.1) is 0 Å². The molecule has 0 saturated carbocycles. The van der Waals surface area contributed by atoms with Crippen molar-refractivity contribution in [2.45, 2.75) is 11.4 Å². The molecule has 0 radical (unpaired) electrons. The van der Waals surface area contributed by atoms with E-state index in [-0.39, 0.29) is 0 Å². The van der Waals surface area contributed by atoms with Crippen LogP contribution in [0.3, 0.4) is 0 Å². The van der Waals surface area contributed by atoms with E-state index in [0.717, 1.165) is 11.6 Å². The Morgan fingerprint density at radius 1 is 1.25 bits per heavy atom. The average molecular weight is 236 g/mol. The van der Waals surface area contributed by atoms with Gasteiger partial charge >= 0.3 is 76.8 Å². The van der Waals surface area contributed by atoms with Crippen LogP contribution in [0.5, 0.6) is 0 Å². The Kier molecular flexibility index (Phi) is 2.84. The van der Waals surface area contributed by atoms with Gasteiger partial charge in [-0.25, -0.2) is 0 Å². The van der Waals surface area contributed by atoms with Gasteiger partial charge in [-0.05, 0) is 0 Å². The summed E-state index contributed by atoms with van der Waals surface area (Å²) in [7, 11) is 0. The number of hydrogen-bond donors (Lipinski definition) is 0. The summed E-state index contributed by atoms with van der Waals surface area (Å²) in [5.74, 6) is 0. The first kappa shape index (κ1) is 9.65. The third-order valence-electron chi connectivity index (χ3n) is 1.49. The second-order valence-electron chi connectivity index (χ2n) is 2.40. The molecule has 1 rings (SSSR count). The van der Waals surface area contributed by atoms with Gasteiger partial charge in [-0.3, -0.25) is 0 Å². The van der Waals surface area contributed by atoms with Gasteiger partial charge in [0.05, 0.1) is 0 Å². The van der Waals surface area contributed by atoms with Crippen LogP contribution in [0.1, 0.15) is 11.1 Å². The Labute approximate surface area is 77.3 Å². The van der Waals surface area contributed by atoms with E-state index < -0.39 is 11.7 Å². The van der Waals surface area contributed by atoms with Gasteiger partial charge in [0.25, 0.3) is 0 Å². The summed E-state index contributed by atoms with van der Waals surface area (Å²) in [6, 6.07) is 5.43. The molecule has 0 aliphatic heterocycles. The van der Waals surface area contributed by atoms with Crippen molar-refractivity contribution < 1.29 is 13.2 Å². The zero-order valence-corrected chi connectivity index (χ0v) is 8.65. The summed E-state index contributed by atoms with van der Waals surface area (Å²) in [4.78, 5) is 0. The maximum absolute atomic E-state index is 12.1. The summed E-state index contributed by atoms with van der Waals surface area (Å²) in [5.41, 5.74) is 0.183. The first-order valence-electron chi connectivity index (χ1n) is 3.40. The maximum atomic E-state index is 12.1. The molecule has 1 aromatic carbocycles. The van der Waals surface area contributed by atoms with Crippen LogP contribution in [0.15, 0.2) is 24.3 Å². The van der Waals surface area contributed by atoms with Gasteiger partial charge in [0.2, 0.25) is 0 Å². The molecule has 0 nitrogen and oxygen atoms in total. The standard InChI is InChI=1S/C8H8AsF3/c9-5-6-2-1-3-7(4-6)8(10,11)12/h1-4H,5,9H2. The van der Waals surface area contributed by atoms with Crippen molar-refractivity contribution >= 4 is 16.9 Å². The summed E-state index contributed by atoms with van der Waals surface area (Å²) >= 11 is 1.41. The molecule has 0 aliphatic carbocycles. The molecule has 0 bridgehead atoms. The van der Waals surface area contributed by atoms with Crippen LogP contribution in [0.4, 0.5) is 13.2 Å². The summed E-state index contributed by atoms with van der Waals surface area (Å²) in [5, 5.41) is 0.691. The van der Waals surface area contributed by atoms with Crippen molar-refractivity contribution in [1.82, 2.24) is 0 Å². The van der Waals surface area contributed by atoms with Crippen LogP contribution < -0.4 is 0 Å². The van der Waals surface area contributed by atoms with Crippen molar-refractivity contribution in [1.29, 1.82) is 0 Å². The van der Waals surface area contributed by atoms with Crippen LogP contribution >= 0.6 is 0 Å². The first-order valence-corrected chi connectivity index (χ1v) is 5.11. The Bertz CT molecular complexity index is 267. The van der Waals surface area contributed by atoms with E-state index in [1.807, 2.05) is 0 Å². The Morgan fingerprint density at radius 3 is 2.42 bits per heavy atom. The second-order valence-corrected chi connectivity index (χ2v) is 3.26. The molecule has 1 atom stereocenters. The third-order valence-corrected chi connectivity index (χ3v) is 2.48. The van der Waals surface area contributed by atoms with Gasteiger partial charge in [-0.2, -0.15) is 0 Å². The van der Waals surface area contributed by atoms with Gasteiger partial charge in [-0.1, -0.05) is 0 Å². The van der Waals surface area contributed by atoms with Gasteiger partial charge in [0.1, 0.15) is 0 Å². The van der Waals surface area contributed by atoms with Gasteiger partial charge in [0, 0.05) is 0 Å².